The minimum absolute atomic E-state index is 0.114. The van der Waals surface area contributed by atoms with E-state index in [-0.39, 0.29) is 18.4 Å². The first-order chi connectivity index (χ1) is 7.59. The van der Waals surface area contributed by atoms with E-state index in [0.717, 1.165) is 0 Å². The number of nitrogens with zero attached hydrogens (tertiary/aromatic N) is 1. The molecule has 0 aliphatic carbocycles. The van der Waals surface area contributed by atoms with Crippen LogP contribution in [0.3, 0.4) is 0 Å². The molecule has 1 heterocycles. The van der Waals surface area contributed by atoms with Crippen molar-refractivity contribution in [2.24, 2.45) is 0 Å². The van der Waals surface area contributed by atoms with Gasteiger partial charge in [0.1, 0.15) is 6.61 Å². The first-order valence-electron chi connectivity index (χ1n) is 4.98. The van der Waals surface area contributed by atoms with Gasteiger partial charge in [0.15, 0.2) is 11.5 Å². The Morgan fingerprint density at radius 2 is 2.31 bits per heavy atom. The second-order valence-electron chi connectivity index (χ2n) is 3.46. The number of carboxylic acid groups (broad SMARTS) is 1. The summed E-state index contributed by atoms with van der Waals surface area (Å²) in [5.74, 6) is -0.722. The summed E-state index contributed by atoms with van der Waals surface area (Å²) in [6.45, 7) is 5.01. The van der Waals surface area contributed by atoms with Crippen LogP contribution in [0.4, 0.5) is 0 Å². The lowest BCUT2D eigenvalue weighted by molar-refractivity contribution is 0.00926. The highest BCUT2D eigenvalue weighted by molar-refractivity contribution is 5.85. The summed E-state index contributed by atoms with van der Waals surface area (Å²) in [5.41, 5.74) is -0.114. The summed E-state index contributed by atoms with van der Waals surface area (Å²) < 4.78 is 15.2. The molecule has 1 N–H and O–H groups in total. The quantitative estimate of drug-likeness (QED) is 0.710. The molecule has 0 spiro atoms. The fourth-order valence-electron chi connectivity index (χ4n) is 0.997. The topological polar surface area (TPSA) is 81.8 Å². The molecular formula is C10H15NO5. The zero-order chi connectivity index (χ0) is 12.0. The van der Waals surface area contributed by atoms with Gasteiger partial charge >= 0.3 is 5.97 Å². The normalized spacial score (nSPS) is 10.9. The number of aromatic nitrogens is 1. The Morgan fingerprint density at radius 1 is 1.56 bits per heavy atom. The Bertz CT molecular complexity index is 334. The van der Waals surface area contributed by atoms with Crippen LogP contribution in [0.1, 0.15) is 30.1 Å². The van der Waals surface area contributed by atoms with Crippen LogP contribution in [-0.4, -0.2) is 35.6 Å². The Labute approximate surface area is 93.1 Å². The van der Waals surface area contributed by atoms with Gasteiger partial charge in [0.2, 0.25) is 0 Å². The van der Waals surface area contributed by atoms with Crippen LogP contribution in [0.15, 0.2) is 10.6 Å². The number of hydrogen-bond donors (Lipinski definition) is 1. The molecule has 6 nitrogen and oxygen atoms in total. The monoisotopic (exact) mass is 229 g/mol. The number of carboxylic acids is 1. The molecule has 1 rings (SSSR count). The smallest absolute Gasteiger partial charge is 0.358 e. The molecule has 1 aromatic rings. The van der Waals surface area contributed by atoms with E-state index < -0.39 is 5.97 Å². The van der Waals surface area contributed by atoms with Crippen LogP contribution in [0, 0.1) is 0 Å². The SMILES string of the molecule is CC(C)OCCOCc1cc(C(=O)O)no1. The highest BCUT2D eigenvalue weighted by atomic mass is 16.5. The van der Waals surface area contributed by atoms with Gasteiger partial charge < -0.3 is 19.1 Å². The molecule has 6 heteroatoms. The Hall–Kier alpha value is -1.40. The van der Waals surface area contributed by atoms with Gasteiger partial charge in [-0.2, -0.15) is 0 Å². The van der Waals surface area contributed by atoms with Gasteiger partial charge in [0.25, 0.3) is 0 Å². The van der Waals surface area contributed by atoms with Crippen LogP contribution >= 0.6 is 0 Å². The van der Waals surface area contributed by atoms with E-state index in [1.807, 2.05) is 13.8 Å². The lowest BCUT2D eigenvalue weighted by atomic mass is 10.4. The third-order valence-corrected chi connectivity index (χ3v) is 1.70. The van der Waals surface area contributed by atoms with E-state index in [0.29, 0.717) is 19.0 Å². The highest BCUT2D eigenvalue weighted by Crippen LogP contribution is 2.04. The average molecular weight is 229 g/mol. The van der Waals surface area contributed by atoms with Crippen molar-refractivity contribution in [1.29, 1.82) is 0 Å². The van der Waals surface area contributed by atoms with Crippen molar-refractivity contribution < 1.29 is 23.9 Å². The number of rotatable bonds is 7. The zero-order valence-electron chi connectivity index (χ0n) is 9.30. The second-order valence-corrected chi connectivity index (χ2v) is 3.46. The molecule has 0 fully saturated rings. The largest absolute Gasteiger partial charge is 0.476 e. The van der Waals surface area contributed by atoms with Gasteiger partial charge in [-0.3, -0.25) is 0 Å². The van der Waals surface area contributed by atoms with Crippen molar-refractivity contribution in [3.63, 3.8) is 0 Å². The molecule has 0 radical (unpaired) electrons. The molecule has 0 aliphatic rings. The number of ether oxygens (including phenoxy) is 2. The Balaban J connectivity index is 2.19. The van der Waals surface area contributed by atoms with E-state index in [1.165, 1.54) is 6.07 Å². The highest BCUT2D eigenvalue weighted by Gasteiger charge is 2.10. The molecule has 90 valence electrons. The molecule has 0 aliphatic heterocycles. The number of carbonyl (C=O) groups is 1. The molecule has 0 bridgehead atoms. The van der Waals surface area contributed by atoms with E-state index in [2.05, 4.69) is 5.16 Å². The predicted molar refractivity (Wildman–Crippen MR) is 54.2 cm³/mol. The summed E-state index contributed by atoms with van der Waals surface area (Å²) >= 11 is 0. The molecule has 0 saturated heterocycles. The van der Waals surface area contributed by atoms with Crippen LogP contribution in [0.2, 0.25) is 0 Å². The molecule has 16 heavy (non-hydrogen) atoms. The molecule has 0 unspecified atom stereocenters. The molecular weight excluding hydrogens is 214 g/mol. The predicted octanol–water partition coefficient (Wildman–Crippen LogP) is 1.31. The fourth-order valence-corrected chi connectivity index (χ4v) is 0.997. The standard InChI is InChI=1S/C10H15NO5/c1-7(2)15-4-3-14-6-8-5-9(10(12)13)11-16-8/h5,7H,3-4,6H2,1-2H3,(H,12,13). The minimum atomic E-state index is -1.11. The van der Waals surface area contributed by atoms with E-state index in [4.69, 9.17) is 19.1 Å². The van der Waals surface area contributed by atoms with Crippen LogP contribution in [-0.2, 0) is 16.1 Å². The summed E-state index contributed by atoms with van der Waals surface area (Å²) in [5, 5.41) is 11.9. The fraction of sp³-hybridized carbons (Fsp3) is 0.600. The van der Waals surface area contributed by atoms with E-state index >= 15 is 0 Å². The maximum atomic E-state index is 10.5. The van der Waals surface area contributed by atoms with Crippen molar-refractivity contribution in [2.45, 2.75) is 26.6 Å². The van der Waals surface area contributed by atoms with Gasteiger partial charge in [-0.25, -0.2) is 4.79 Å². The summed E-state index contributed by atoms with van der Waals surface area (Å²) in [6, 6.07) is 1.34. The van der Waals surface area contributed by atoms with Gasteiger partial charge in [-0.05, 0) is 13.8 Å². The maximum Gasteiger partial charge on any atom is 0.358 e. The minimum Gasteiger partial charge on any atom is -0.476 e. The van der Waals surface area contributed by atoms with Crippen molar-refractivity contribution in [2.75, 3.05) is 13.2 Å². The molecule has 0 atom stereocenters. The van der Waals surface area contributed by atoms with Crippen molar-refractivity contribution >= 4 is 5.97 Å². The van der Waals surface area contributed by atoms with Crippen LogP contribution in [0.5, 0.6) is 0 Å². The van der Waals surface area contributed by atoms with Crippen LogP contribution < -0.4 is 0 Å². The second kappa shape index (κ2) is 6.24. The summed E-state index contributed by atoms with van der Waals surface area (Å²) in [4.78, 5) is 10.5. The van der Waals surface area contributed by atoms with Crippen molar-refractivity contribution in [3.05, 3.63) is 17.5 Å². The molecule has 0 aromatic carbocycles. The lowest BCUT2D eigenvalue weighted by Crippen LogP contribution is -2.09. The van der Waals surface area contributed by atoms with E-state index in [1.54, 1.807) is 0 Å². The van der Waals surface area contributed by atoms with Gasteiger partial charge in [0.05, 0.1) is 19.3 Å². The zero-order valence-corrected chi connectivity index (χ0v) is 9.30. The average Bonchev–Trinajstić information content (AvgIpc) is 2.65. The third-order valence-electron chi connectivity index (χ3n) is 1.70. The summed E-state index contributed by atoms with van der Waals surface area (Å²) in [7, 11) is 0. The van der Waals surface area contributed by atoms with Crippen molar-refractivity contribution in [3.8, 4) is 0 Å². The first-order valence-corrected chi connectivity index (χ1v) is 4.98. The maximum absolute atomic E-state index is 10.5. The number of hydrogen-bond acceptors (Lipinski definition) is 5. The molecule has 0 saturated carbocycles. The van der Waals surface area contributed by atoms with Gasteiger partial charge in [-0.15, -0.1) is 0 Å². The van der Waals surface area contributed by atoms with E-state index in [9.17, 15) is 4.79 Å². The Kier molecular flexibility index (Phi) is 4.94. The number of aromatic carboxylic acids is 1. The van der Waals surface area contributed by atoms with Gasteiger partial charge in [0, 0.05) is 6.07 Å². The summed E-state index contributed by atoms with van der Waals surface area (Å²) in [6.07, 6.45) is 0.174. The third kappa shape index (κ3) is 4.41. The first kappa shape index (κ1) is 12.7. The lowest BCUT2D eigenvalue weighted by Gasteiger charge is -2.06. The van der Waals surface area contributed by atoms with Crippen LogP contribution in [0.25, 0.3) is 0 Å². The molecule has 0 amide bonds. The Morgan fingerprint density at radius 3 is 2.88 bits per heavy atom. The van der Waals surface area contributed by atoms with Crippen molar-refractivity contribution in [1.82, 2.24) is 5.16 Å². The molecule has 1 aromatic heterocycles. The van der Waals surface area contributed by atoms with Gasteiger partial charge in [-0.1, -0.05) is 5.16 Å².